The quantitative estimate of drug-likeness (QED) is 0.311. The monoisotopic (exact) mass is 505 g/mol. The first-order valence-electron chi connectivity index (χ1n) is 11.5. The summed E-state index contributed by atoms with van der Waals surface area (Å²) in [5.41, 5.74) is 4.56. The maximum Gasteiger partial charge on any atom is 0.151 e. The van der Waals surface area contributed by atoms with Crippen molar-refractivity contribution in [2.45, 2.75) is 33.7 Å². The van der Waals surface area contributed by atoms with E-state index in [-0.39, 0.29) is 5.69 Å². The molecule has 0 aliphatic rings. The van der Waals surface area contributed by atoms with Crippen molar-refractivity contribution in [1.29, 1.82) is 5.26 Å². The Bertz CT molecular complexity index is 1560. The van der Waals surface area contributed by atoms with Gasteiger partial charge in [-0.2, -0.15) is 5.26 Å². The van der Waals surface area contributed by atoms with E-state index in [2.05, 4.69) is 20.3 Å². The minimum atomic E-state index is -2.56. The SMILES string of the molecule is CC[P@@](C)(=O)c1ccc(-c2nc3c(N[C@H](C)c4cc(C#N)ccc4F)c(C)c(C)nc3cc2F)cn1. The molecular weight excluding hydrogens is 479 g/mol. The van der Waals surface area contributed by atoms with Gasteiger partial charge in [0.25, 0.3) is 0 Å². The van der Waals surface area contributed by atoms with Crippen molar-refractivity contribution in [3.63, 3.8) is 0 Å². The lowest BCUT2D eigenvalue weighted by Gasteiger charge is -2.21. The second-order valence-corrected chi connectivity index (χ2v) is 12.2. The molecule has 0 spiro atoms. The first-order chi connectivity index (χ1) is 17.1. The molecule has 184 valence electrons. The molecule has 3 aromatic heterocycles. The smallest absolute Gasteiger partial charge is 0.151 e. The number of nitrogens with zero attached hydrogens (tertiary/aromatic N) is 4. The minimum absolute atomic E-state index is 0.0856. The van der Waals surface area contributed by atoms with Gasteiger partial charge < -0.3 is 9.88 Å². The minimum Gasteiger partial charge on any atom is -0.376 e. The van der Waals surface area contributed by atoms with E-state index in [1.54, 1.807) is 25.7 Å². The Kier molecular flexibility index (Phi) is 6.88. The predicted molar refractivity (Wildman–Crippen MR) is 139 cm³/mol. The Balaban J connectivity index is 1.83. The molecule has 0 saturated carbocycles. The van der Waals surface area contributed by atoms with Gasteiger partial charge in [0.15, 0.2) is 5.82 Å². The highest BCUT2D eigenvalue weighted by Gasteiger charge is 2.21. The van der Waals surface area contributed by atoms with Gasteiger partial charge >= 0.3 is 0 Å². The largest absolute Gasteiger partial charge is 0.376 e. The molecule has 4 rings (SSSR count). The Morgan fingerprint density at radius 1 is 1.11 bits per heavy atom. The molecule has 1 aromatic carbocycles. The Hall–Kier alpha value is -3.69. The summed E-state index contributed by atoms with van der Waals surface area (Å²) in [7, 11) is -2.56. The molecule has 2 atom stereocenters. The first kappa shape index (κ1) is 25.4. The van der Waals surface area contributed by atoms with E-state index < -0.39 is 24.8 Å². The fourth-order valence-electron chi connectivity index (χ4n) is 3.96. The number of hydrogen-bond donors (Lipinski definition) is 1. The summed E-state index contributed by atoms with van der Waals surface area (Å²) >= 11 is 0. The van der Waals surface area contributed by atoms with Crippen molar-refractivity contribution in [1.82, 2.24) is 15.0 Å². The van der Waals surface area contributed by atoms with Crippen LogP contribution in [0.3, 0.4) is 0 Å². The van der Waals surface area contributed by atoms with E-state index in [0.29, 0.717) is 50.7 Å². The van der Waals surface area contributed by atoms with Gasteiger partial charge in [0.05, 0.1) is 34.3 Å². The third-order valence-electron chi connectivity index (χ3n) is 6.46. The first-order valence-corrected chi connectivity index (χ1v) is 13.9. The summed E-state index contributed by atoms with van der Waals surface area (Å²) in [5, 5.41) is 12.5. The van der Waals surface area contributed by atoms with Crippen LogP contribution in [0.1, 0.15) is 42.3 Å². The highest BCUT2D eigenvalue weighted by atomic mass is 31.2. The van der Waals surface area contributed by atoms with Crippen molar-refractivity contribution < 1.29 is 13.3 Å². The number of halogens is 2. The zero-order valence-corrected chi connectivity index (χ0v) is 21.6. The third kappa shape index (κ3) is 4.72. The van der Waals surface area contributed by atoms with E-state index in [1.807, 2.05) is 26.8 Å². The van der Waals surface area contributed by atoms with Crippen molar-refractivity contribution >= 4 is 29.3 Å². The number of hydrogen-bond acceptors (Lipinski definition) is 6. The number of nitrogens with one attached hydrogen (secondary N) is 1. The zero-order chi connectivity index (χ0) is 26.2. The van der Waals surface area contributed by atoms with Gasteiger partial charge in [0, 0.05) is 35.2 Å². The van der Waals surface area contributed by atoms with Crippen molar-refractivity contribution in [2.24, 2.45) is 0 Å². The summed E-state index contributed by atoms with van der Waals surface area (Å²) in [4.78, 5) is 13.4. The molecule has 0 aliphatic carbocycles. The lowest BCUT2D eigenvalue weighted by molar-refractivity contribution is 0.585. The van der Waals surface area contributed by atoms with Gasteiger partial charge in [-0.05, 0) is 63.3 Å². The number of aryl methyl sites for hydroxylation is 1. The topological polar surface area (TPSA) is 91.6 Å². The molecule has 4 aromatic rings. The van der Waals surface area contributed by atoms with Gasteiger partial charge in [-0.25, -0.2) is 13.8 Å². The van der Waals surface area contributed by atoms with Crippen LogP contribution in [-0.4, -0.2) is 27.8 Å². The highest BCUT2D eigenvalue weighted by molar-refractivity contribution is 7.70. The molecule has 0 fully saturated rings. The summed E-state index contributed by atoms with van der Waals surface area (Å²) in [6, 6.07) is 10.4. The van der Waals surface area contributed by atoms with Crippen molar-refractivity contribution in [3.05, 3.63) is 76.6 Å². The number of pyridine rings is 3. The Morgan fingerprint density at radius 3 is 2.50 bits per heavy atom. The van der Waals surface area contributed by atoms with Crippen LogP contribution in [0.4, 0.5) is 14.5 Å². The predicted octanol–water partition coefficient (Wildman–Crippen LogP) is 6.27. The molecule has 0 saturated heterocycles. The third-order valence-corrected chi connectivity index (χ3v) is 8.90. The fraction of sp³-hybridized carbons (Fsp3) is 0.259. The van der Waals surface area contributed by atoms with Crippen LogP contribution in [-0.2, 0) is 4.57 Å². The Morgan fingerprint density at radius 2 is 1.86 bits per heavy atom. The van der Waals surface area contributed by atoms with Crippen LogP contribution in [0.25, 0.3) is 22.3 Å². The van der Waals surface area contributed by atoms with Gasteiger partial charge in [0.2, 0.25) is 0 Å². The molecule has 0 bridgehead atoms. The summed E-state index contributed by atoms with van der Waals surface area (Å²) < 4.78 is 42.4. The molecule has 1 N–H and O–H groups in total. The molecule has 0 aliphatic heterocycles. The number of anilines is 1. The number of benzene rings is 1. The van der Waals surface area contributed by atoms with Gasteiger partial charge in [-0.1, -0.05) is 6.92 Å². The number of nitriles is 1. The van der Waals surface area contributed by atoms with E-state index in [1.165, 1.54) is 30.5 Å². The second-order valence-electron chi connectivity index (χ2n) is 8.92. The zero-order valence-electron chi connectivity index (χ0n) is 20.7. The molecule has 3 heterocycles. The van der Waals surface area contributed by atoms with Crippen LogP contribution in [0.15, 0.2) is 42.6 Å². The Labute approximate surface area is 208 Å². The average Bonchev–Trinajstić information content (AvgIpc) is 2.86. The normalized spacial score (nSPS) is 13.7. The van der Waals surface area contributed by atoms with Gasteiger partial charge in [-0.15, -0.1) is 0 Å². The van der Waals surface area contributed by atoms with Crippen LogP contribution < -0.4 is 10.8 Å². The average molecular weight is 506 g/mol. The van der Waals surface area contributed by atoms with Gasteiger partial charge in [0.1, 0.15) is 24.2 Å². The van der Waals surface area contributed by atoms with Crippen LogP contribution in [0.5, 0.6) is 0 Å². The van der Waals surface area contributed by atoms with Crippen molar-refractivity contribution in [2.75, 3.05) is 18.1 Å². The van der Waals surface area contributed by atoms with E-state index in [9.17, 15) is 14.2 Å². The summed E-state index contributed by atoms with van der Waals surface area (Å²) in [6.07, 6.45) is 1.96. The maximum absolute atomic E-state index is 15.1. The van der Waals surface area contributed by atoms with Gasteiger partial charge in [-0.3, -0.25) is 9.97 Å². The van der Waals surface area contributed by atoms with Crippen LogP contribution in [0, 0.1) is 36.8 Å². The highest BCUT2D eigenvalue weighted by Crippen LogP contribution is 2.39. The molecule has 0 radical (unpaired) electrons. The lowest BCUT2D eigenvalue weighted by Crippen LogP contribution is -2.12. The molecule has 0 unspecified atom stereocenters. The standard InChI is InChI=1S/C27H26F2N5OP/c1-6-36(5,35)24-10-8-19(14-31-24)26-22(29)12-23-27(34-26)25(15(2)16(3)32-23)33-17(4)20-11-18(13-30)7-9-21(20)28/h7-12,14,17H,6H2,1-5H3,(H,32,33)/t17-,36-/m1/s1. The molecule has 0 amide bonds. The molecular formula is C27H26F2N5OP. The summed E-state index contributed by atoms with van der Waals surface area (Å²) in [6.45, 7) is 8.98. The number of rotatable bonds is 6. The van der Waals surface area contributed by atoms with E-state index in [0.717, 1.165) is 5.56 Å². The lowest BCUT2D eigenvalue weighted by atomic mass is 10.0. The summed E-state index contributed by atoms with van der Waals surface area (Å²) in [5.74, 6) is -0.998. The molecule has 6 nitrogen and oxygen atoms in total. The van der Waals surface area contributed by atoms with Crippen molar-refractivity contribution in [3.8, 4) is 17.3 Å². The van der Waals surface area contributed by atoms with E-state index in [4.69, 9.17) is 0 Å². The maximum atomic E-state index is 15.1. The van der Waals surface area contributed by atoms with Crippen LogP contribution in [0.2, 0.25) is 0 Å². The second kappa shape index (κ2) is 9.75. The molecule has 9 heteroatoms. The number of aromatic nitrogens is 3. The fourth-order valence-corrected chi connectivity index (χ4v) is 4.97. The van der Waals surface area contributed by atoms with E-state index >= 15 is 4.39 Å². The van der Waals surface area contributed by atoms with Crippen LogP contribution >= 0.6 is 7.14 Å². The number of fused-ring (bicyclic) bond motifs is 1. The molecule has 36 heavy (non-hydrogen) atoms.